The van der Waals surface area contributed by atoms with Crippen LogP contribution in [0.2, 0.25) is 29.6 Å². The average Bonchev–Trinajstić information content (AvgIpc) is 3.51. The normalized spacial score (nSPS) is 12.9. The molecule has 0 amide bonds. The summed E-state index contributed by atoms with van der Waals surface area (Å²) in [6, 6.07) is 9.46. The first-order valence-electron chi connectivity index (χ1n) is 17.5. The number of benzene rings is 2. The molecule has 2 nitrogen and oxygen atoms in total. The van der Waals surface area contributed by atoms with Crippen LogP contribution in [0.1, 0.15) is 115 Å². The van der Waals surface area contributed by atoms with E-state index in [0.29, 0.717) is 0 Å². The average molecular weight is 786 g/mol. The van der Waals surface area contributed by atoms with Crippen molar-refractivity contribution in [2.24, 2.45) is 0 Å². The van der Waals surface area contributed by atoms with Gasteiger partial charge >= 0.3 is 267 Å². The second-order valence-electron chi connectivity index (χ2n) is 15.0. The van der Waals surface area contributed by atoms with Crippen molar-refractivity contribution < 1.29 is 8.83 Å². The Balaban J connectivity index is 1.66. The van der Waals surface area contributed by atoms with Gasteiger partial charge in [-0.1, -0.05) is 0 Å². The van der Waals surface area contributed by atoms with E-state index in [1.807, 2.05) is 0 Å². The van der Waals surface area contributed by atoms with Crippen molar-refractivity contribution in [3.8, 4) is 0 Å². The molecule has 2 aromatic carbocycles. The van der Waals surface area contributed by atoms with Gasteiger partial charge in [-0.05, 0) is 0 Å². The van der Waals surface area contributed by atoms with Crippen molar-refractivity contribution in [3.63, 3.8) is 0 Å². The minimum absolute atomic E-state index is 1.11. The Morgan fingerprint density at radius 2 is 0.738 bits per heavy atom. The summed E-state index contributed by atoms with van der Waals surface area (Å²) in [6.07, 6.45) is 21.2. The van der Waals surface area contributed by atoms with Crippen LogP contribution in [0.15, 0.2) is 33.1 Å². The van der Waals surface area contributed by atoms with Gasteiger partial charge in [-0.15, -0.1) is 0 Å². The number of hydrogen-bond acceptors (Lipinski definition) is 2. The van der Waals surface area contributed by atoms with Crippen LogP contribution in [0.5, 0.6) is 0 Å². The zero-order valence-electron chi connectivity index (χ0n) is 28.4. The molecule has 0 N–H and O–H groups in total. The van der Waals surface area contributed by atoms with Crippen LogP contribution in [-0.4, -0.2) is 36.8 Å². The van der Waals surface area contributed by atoms with Crippen molar-refractivity contribution in [2.75, 3.05) is 0 Å². The Hall–Kier alpha value is -0.623. The molecule has 0 unspecified atom stereocenters. The molecule has 2 aromatic heterocycles. The molecule has 0 bridgehead atoms. The van der Waals surface area contributed by atoms with Crippen molar-refractivity contribution in [3.05, 3.63) is 35.4 Å². The number of rotatable bonds is 18. The van der Waals surface area contributed by atoms with Gasteiger partial charge in [0.1, 0.15) is 0 Å². The fraction of sp³-hybridized carbons (Fsp3) is 0.632. The maximum atomic E-state index is 6.92. The van der Waals surface area contributed by atoms with Gasteiger partial charge in [0.05, 0.1) is 0 Å². The number of fused-ring (bicyclic) bond motifs is 5. The van der Waals surface area contributed by atoms with E-state index in [0.717, 1.165) is 24.0 Å². The van der Waals surface area contributed by atoms with Gasteiger partial charge < -0.3 is 0 Å². The van der Waals surface area contributed by atoms with Crippen LogP contribution in [0.25, 0.3) is 32.7 Å². The molecule has 232 valence electrons. The summed E-state index contributed by atoms with van der Waals surface area (Å²) >= 11 is -4.91. The summed E-state index contributed by atoms with van der Waals surface area (Å²) in [6.45, 7) is 4.60. The van der Waals surface area contributed by atoms with E-state index in [9.17, 15) is 0 Å². The summed E-state index contributed by atoms with van der Waals surface area (Å²) in [5, 5.41) is 5.21. The number of unbranched alkanes of at least 4 members (excludes halogenated alkanes) is 12. The SMILES string of the molecule is CCCCCCCCCc1[c]([Sn]([CH3])([CH3])[CH3])oc2c1ccc1c2ccc2c(CCCCCCCCC)[c]([Sn]([CH3])([CH3])[CH3])oc21. The molecule has 0 saturated carbocycles. The Kier molecular flexibility index (Phi) is 12.7. The summed E-state index contributed by atoms with van der Waals surface area (Å²) in [5.41, 5.74) is 5.27. The van der Waals surface area contributed by atoms with Gasteiger partial charge in [0.2, 0.25) is 0 Å². The molecular weight excluding hydrogens is 726 g/mol. The van der Waals surface area contributed by atoms with Crippen LogP contribution in [0.4, 0.5) is 0 Å². The van der Waals surface area contributed by atoms with Crippen molar-refractivity contribution in [1.82, 2.24) is 0 Å². The first kappa shape index (κ1) is 34.3. The first-order chi connectivity index (χ1) is 20.1. The number of aryl methyl sites for hydroxylation is 2. The van der Waals surface area contributed by atoms with Crippen molar-refractivity contribution in [1.29, 1.82) is 0 Å². The molecule has 0 aliphatic carbocycles. The van der Waals surface area contributed by atoms with Gasteiger partial charge in [-0.25, -0.2) is 0 Å². The third-order valence-corrected chi connectivity index (χ3v) is 19.2. The summed E-state index contributed by atoms with van der Waals surface area (Å²) in [4.78, 5) is 15.0. The fourth-order valence-corrected chi connectivity index (χ4v) is 15.8. The molecule has 0 spiro atoms. The predicted molar refractivity (Wildman–Crippen MR) is 193 cm³/mol. The predicted octanol–water partition coefficient (Wildman–Crippen LogP) is 12.0. The topological polar surface area (TPSA) is 26.3 Å². The van der Waals surface area contributed by atoms with Crippen molar-refractivity contribution >= 4 is 77.0 Å². The Labute approximate surface area is 265 Å². The molecule has 4 aromatic rings. The minimum atomic E-state index is -2.45. The number of furan rings is 2. The van der Waals surface area contributed by atoms with E-state index in [1.165, 1.54) is 130 Å². The van der Waals surface area contributed by atoms with E-state index in [4.69, 9.17) is 8.83 Å². The summed E-state index contributed by atoms with van der Waals surface area (Å²) in [5.74, 6) is 0. The molecule has 0 radical (unpaired) electrons. The molecular formula is C38H60O2Sn2. The molecule has 0 aliphatic heterocycles. The van der Waals surface area contributed by atoms with E-state index in [1.54, 1.807) is 0 Å². The Morgan fingerprint density at radius 1 is 0.429 bits per heavy atom. The van der Waals surface area contributed by atoms with E-state index in [-0.39, 0.29) is 0 Å². The summed E-state index contributed by atoms with van der Waals surface area (Å²) < 4.78 is 16.6. The van der Waals surface area contributed by atoms with Crippen LogP contribution < -0.4 is 7.55 Å². The molecule has 2 heterocycles. The third-order valence-electron chi connectivity index (χ3n) is 9.13. The quantitative estimate of drug-likeness (QED) is 0.0742. The molecule has 4 rings (SSSR count). The van der Waals surface area contributed by atoms with Crippen LogP contribution in [0.3, 0.4) is 0 Å². The molecule has 0 aliphatic rings. The van der Waals surface area contributed by atoms with E-state index >= 15 is 0 Å². The fourth-order valence-electron chi connectivity index (χ4n) is 6.84. The second kappa shape index (κ2) is 15.6. The van der Waals surface area contributed by atoms with Crippen LogP contribution in [0, 0.1) is 0 Å². The van der Waals surface area contributed by atoms with Crippen LogP contribution in [-0.2, 0) is 12.8 Å². The van der Waals surface area contributed by atoms with Gasteiger partial charge in [-0.2, -0.15) is 0 Å². The zero-order chi connectivity index (χ0) is 30.3. The third kappa shape index (κ3) is 8.34. The maximum absolute atomic E-state index is 6.92. The van der Waals surface area contributed by atoms with Crippen molar-refractivity contribution in [2.45, 2.75) is 146 Å². The van der Waals surface area contributed by atoms with Gasteiger partial charge in [0.15, 0.2) is 0 Å². The molecule has 0 atom stereocenters. The Morgan fingerprint density at radius 3 is 1.07 bits per heavy atom. The van der Waals surface area contributed by atoms with Gasteiger partial charge in [-0.3, -0.25) is 0 Å². The number of hydrogen-bond donors (Lipinski definition) is 0. The van der Waals surface area contributed by atoms with Gasteiger partial charge in [0.25, 0.3) is 0 Å². The monoisotopic (exact) mass is 788 g/mol. The van der Waals surface area contributed by atoms with E-state index in [2.05, 4.69) is 67.8 Å². The standard InChI is InChI=1S/C32H42O2.6CH3.2Sn/c1-3-5-7-9-11-13-15-17-25-23-33-31-27(25)19-21-30-29(31)22-20-28-26(24-34-32(28)30)18-16-14-12-10-8-6-4-2;;;;;;;;/h19-22H,3-18H2,1-2H3;6*1H3;;. The van der Waals surface area contributed by atoms with E-state index < -0.39 is 36.8 Å². The second-order valence-corrected chi connectivity index (χ2v) is 43.3. The first-order valence-corrected chi connectivity index (χ1v) is 37.5. The zero-order valence-corrected chi connectivity index (χ0v) is 34.1. The molecule has 4 heteroatoms. The van der Waals surface area contributed by atoms with Crippen LogP contribution >= 0.6 is 0 Å². The van der Waals surface area contributed by atoms with Gasteiger partial charge in [0, 0.05) is 0 Å². The molecule has 0 saturated heterocycles. The molecule has 42 heavy (non-hydrogen) atoms. The Bertz CT molecular complexity index is 1320. The molecule has 0 fully saturated rings. The summed E-state index contributed by atoms with van der Waals surface area (Å²) in [7, 11) is 0.